The minimum absolute atomic E-state index is 1.10. The Morgan fingerprint density at radius 3 is 2.20 bits per heavy atom. The van der Waals surface area contributed by atoms with Gasteiger partial charge in [-0.1, -0.05) is 44.6 Å². The maximum Gasteiger partial charge on any atom is -0.0169 e. The van der Waals surface area contributed by atoms with Crippen molar-refractivity contribution in [2.75, 3.05) is 0 Å². The first-order valence-corrected chi connectivity index (χ1v) is 4.21. The van der Waals surface area contributed by atoms with E-state index in [0.717, 1.165) is 12.8 Å². The second-order valence-corrected chi connectivity index (χ2v) is 2.38. The van der Waals surface area contributed by atoms with Gasteiger partial charge in [-0.25, -0.2) is 0 Å². The monoisotopic (exact) mass is 138 g/mol. The van der Waals surface area contributed by atoms with Crippen LogP contribution in [0.15, 0.2) is 24.3 Å². The highest BCUT2D eigenvalue weighted by Gasteiger charge is 1.71. The summed E-state index contributed by atoms with van der Waals surface area (Å²) in [6.45, 7) is 4.36. The fourth-order valence-corrected chi connectivity index (χ4v) is 0.722. The molecule has 0 fully saturated rings. The molecular weight excluding hydrogens is 120 g/mol. The standard InChI is InChI=1S/C10H18/c1-3-5-7-9-10-8-6-4-2/h5,7-8,10H,3-4,6,9H2,1-2H3/b7-5-,10-8+. The van der Waals surface area contributed by atoms with Gasteiger partial charge in [-0.05, 0) is 19.3 Å². The van der Waals surface area contributed by atoms with Crippen LogP contribution in [-0.2, 0) is 0 Å². The molecule has 0 aromatic heterocycles. The zero-order chi connectivity index (χ0) is 7.66. The minimum atomic E-state index is 1.10. The molecule has 0 spiro atoms. The van der Waals surface area contributed by atoms with Gasteiger partial charge in [0.25, 0.3) is 0 Å². The van der Waals surface area contributed by atoms with E-state index in [4.69, 9.17) is 0 Å². The third-order valence-corrected chi connectivity index (χ3v) is 1.30. The van der Waals surface area contributed by atoms with E-state index >= 15 is 0 Å². The van der Waals surface area contributed by atoms with E-state index in [0.29, 0.717) is 0 Å². The first kappa shape index (κ1) is 9.48. The summed E-state index contributed by atoms with van der Waals surface area (Å²) >= 11 is 0. The SMILES string of the molecule is CC/C=C\C/C=C/CCC. The van der Waals surface area contributed by atoms with Crippen molar-refractivity contribution in [3.05, 3.63) is 24.3 Å². The van der Waals surface area contributed by atoms with Crippen molar-refractivity contribution >= 4 is 0 Å². The molecule has 0 N–H and O–H groups in total. The zero-order valence-corrected chi connectivity index (χ0v) is 7.14. The number of hydrogen-bond acceptors (Lipinski definition) is 0. The highest BCUT2D eigenvalue weighted by atomic mass is 13.8. The van der Waals surface area contributed by atoms with Gasteiger partial charge in [0.2, 0.25) is 0 Å². The molecule has 0 aliphatic carbocycles. The lowest BCUT2D eigenvalue weighted by Crippen LogP contribution is -1.62. The summed E-state index contributed by atoms with van der Waals surface area (Å²) in [5, 5.41) is 0. The lowest BCUT2D eigenvalue weighted by Gasteiger charge is -1.83. The maximum absolute atomic E-state index is 2.25. The largest absolute Gasteiger partial charge is 0.0885 e. The first-order valence-electron chi connectivity index (χ1n) is 4.21. The molecule has 0 aromatic carbocycles. The number of hydrogen-bond donors (Lipinski definition) is 0. The molecule has 0 rings (SSSR count). The summed E-state index contributed by atoms with van der Waals surface area (Å²) in [7, 11) is 0. The smallest absolute Gasteiger partial charge is 0.0169 e. The van der Waals surface area contributed by atoms with Crippen LogP contribution in [-0.4, -0.2) is 0 Å². The van der Waals surface area contributed by atoms with Gasteiger partial charge < -0.3 is 0 Å². The van der Waals surface area contributed by atoms with E-state index in [2.05, 4.69) is 38.2 Å². The van der Waals surface area contributed by atoms with Gasteiger partial charge in [0, 0.05) is 0 Å². The Morgan fingerprint density at radius 2 is 1.60 bits per heavy atom. The van der Waals surface area contributed by atoms with Crippen LogP contribution < -0.4 is 0 Å². The van der Waals surface area contributed by atoms with Crippen molar-refractivity contribution in [3.63, 3.8) is 0 Å². The van der Waals surface area contributed by atoms with Crippen LogP contribution in [0.2, 0.25) is 0 Å². The first-order chi connectivity index (χ1) is 4.91. The van der Waals surface area contributed by atoms with Crippen molar-refractivity contribution in [1.29, 1.82) is 0 Å². The van der Waals surface area contributed by atoms with Crippen molar-refractivity contribution in [2.45, 2.75) is 39.5 Å². The van der Waals surface area contributed by atoms with E-state index in [-0.39, 0.29) is 0 Å². The molecule has 0 aliphatic rings. The Bertz CT molecular complexity index is 98.6. The number of rotatable bonds is 5. The van der Waals surface area contributed by atoms with E-state index < -0.39 is 0 Å². The van der Waals surface area contributed by atoms with Crippen LogP contribution in [0.5, 0.6) is 0 Å². The average Bonchev–Trinajstić information content (AvgIpc) is 1.97. The molecule has 0 saturated carbocycles. The summed E-state index contributed by atoms with van der Waals surface area (Å²) < 4.78 is 0. The second-order valence-electron chi connectivity index (χ2n) is 2.38. The van der Waals surface area contributed by atoms with E-state index in [1.165, 1.54) is 12.8 Å². The molecule has 0 heteroatoms. The fourth-order valence-electron chi connectivity index (χ4n) is 0.722. The predicted molar refractivity (Wildman–Crippen MR) is 48.1 cm³/mol. The zero-order valence-electron chi connectivity index (χ0n) is 7.14. The molecule has 10 heavy (non-hydrogen) atoms. The molecule has 0 atom stereocenters. The topological polar surface area (TPSA) is 0 Å². The van der Waals surface area contributed by atoms with Crippen LogP contribution in [0.1, 0.15) is 39.5 Å². The molecule has 0 nitrogen and oxygen atoms in total. The fraction of sp³-hybridized carbons (Fsp3) is 0.600. The third kappa shape index (κ3) is 7.48. The highest BCUT2D eigenvalue weighted by molar-refractivity contribution is 4.91. The van der Waals surface area contributed by atoms with E-state index in [1.807, 2.05) is 0 Å². The summed E-state index contributed by atoms with van der Waals surface area (Å²) in [4.78, 5) is 0. The van der Waals surface area contributed by atoms with Crippen LogP contribution in [0.3, 0.4) is 0 Å². The van der Waals surface area contributed by atoms with E-state index in [9.17, 15) is 0 Å². The molecule has 0 aliphatic heterocycles. The number of unbranched alkanes of at least 4 members (excludes halogenated alkanes) is 1. The van der Waals surface area contributed by atoms with Crippen molar-refractivity contribution < 1.29 is 0 Å². The van der Waals surface area contributed by atoms with Gasteiger partial charge in [-0.15, -0.1) is 0 Å². The molecule has 0 radical (unpaired) electrons. The third-order valence-electron chi connectivity index (χ3n) is 1.30. The van der Waals surface area contributed by atoms with Gasteiger partial charge in [-0.2, -0.15) is 0 Å². The lowest BCUT2D eigenvalue weighted by molar-refractivity contribution is 0.954. The Labute approximate surface area is 64.6 Å². The average molecular weight is 138 g/mol. The Morgan fingerprint density at radius 1 is 0.900 bits per heavy atom. The highest BCUT2D eigenvalue weighted by Crippen LogP contribution is 1.92. The lowest BCUT2D eigenvalue weighted by atomic mass is 10.2. The Balaban J connectivity index is 3.09. The van der Waals surface area contributed by atoms with Gasteiger partial charge in [-0.3, -0.25) is 0 Å². The molecule has 0 unspecified atom stereocenters. The van der Waals surface area contributed by atoms with Gasteiger partial charge in [0.1, 0.15) is 0 Å². The second kappa shape index (κ2) is 8.48. The molecular formula is C10H18. The van der Waals surface area contributed by atoms with Crippen molar-refractivity contribution in [2.24, 2.45) is 0 Å². The Kier molecular flexibility index (Phi) is 8.04. The van der Waals surface area contributed by atoms with Gasteiger partial charge >= 0.3 is 0 Å². The number of allylic oxidation sites excluding steroid dienone is 4. The molecule has 0 heterocycles. The quantitative estimate of drug-likeness (QED) is 0.508. The molecule has 0 aromatic rings. The van der Waals surface area contributed by atoms with Crippen molar-refractivity contribution in [3.8, 4) is 0 Å². The minimum Gasteiger partial charge on any atom is -0.0885 e. The molecule has 58 valence electrons. The molecule has 0 amide bonds. The maximum atomic E-state index is 2.25. The van der Waals surface area contributed by atoms with E-state index in [1.54, 1.807) is 0 Å². The van der Waals surface area contributed by atoms with Crippen LogP contribution in [0.4, 0.5) is 0 Å². The molecule has 0 bridgehead atoms. The predicted octanol–water partition coefficient (Wildman–Crippen LogP) is 3.70. The van der Waals surface area contributed by atoms with Gasteiger partial charge in [0.05, 0.1) is 0 Å². The van der Waals surface area contributed by atoms with Crippen LogP contribution >= 0.6 is 0 Å². The summed E-state index contributed by atoms with van der Waals surface area (Å²) in [6.07, 6.45) is 13.6. The molecule has 0 saturated heterocycles. The van der Waals surface area contributed by atoms with Crippen molar-refractivity contribution in [1.82, 2.24) is 0 Å². The van der Waals surface area contributed by atoms with Gasteiger partial charge in [0.15, 0.2) is 0 Å². The Hall–Kier alpha value is -0.520. The normalized spacial score (nSPS) is 11.8. The van der Waals surface area contributed by atoms with Crippen LogP contribution in [0.25, 0.3) is 0 Å². The summed E-state index contributed by atoms with van der Waals surface area (Å²) in [6, 6.07) is 0. The summed E-state index contributed by atoms with van der Waals surface area (Å²) in [5.74, 6) is 0. The van der Waals surface area contributed by atoms with Crippen LogP contribution in [0, 0.1) is 0 Å². The summed E-state index contributed by atoms with van der Waals surface area (Å²) in [5.41, 5.74) is 0.